The van der Waals surface area contributed by atoms with E-state index in [0.29, 0.717) is 0 Å². The van der Waals surface area contributed by atoms with Crippen molar-refractivity contribution in [2.75, 3.05) is 20.6 Å². The molecule has 0 aromatic carbocycles. The number of nitrogens with one attached hydrogen (secondary N) is 1. The SMILES string of the molecule is Cc1ccc(C(=O)N2C3CCC2CC(NC(=O)/C=C/CN(C)C)C3)s1. The fourth-order valence-electron chi connectivity index (χ4n) is 3.92. The Bertz CT molecular complexity index is 653. The van der Waals surface area contributed by atoms with Gasteiger partial charge in [-0.25, -0.2) is 0 Å². The summed E-state index contributed by atoms with van der Waals surface area (Å²) in [6.45, 7) is 2.79. The third kappa shape index (κ3) is 4.30. The Balaban J connectivity index is 1.58. The normalized spacial score (nSPS) is 25.8. The lowest BCUT2D eigenvalue weighted by molar-refractivity contribution is -0.117. The van der Waals surface area contributed by atoms with Crippen LogP contribution in [0.25, 0.3) is 0 Å². The Labute approximate surface area is 153 Å². The number of amides is 2. The molecule has 2 bridgehead atoms. The van der Waals surface area contributed by atoms with Gasteiger partial charge in [-0.3, -0.25) is 9.59 Å². The minimum absolute atomic E-state index is 0.0279. The molecule has 0 saturated carbocycles. The molecule has 2 amide bonds. The van der Waals surface area contributed by atoms with E-state index in [2.05, 4.69) is 10.2 Å². The average molecular weight is 362 g/mol. The number of hydrogen-bond acceptors (Lipinski definition) is 4. The van der Waals surface area contributed by atoms with Crippen molar-refractivity contribution in [2.45, 2.75) is 50.7 Å². The summed E-state index contributed by atoms with van der Waals surface area (Å²) >= 11 is 1.57. The molecule has 1 aromatic heterocycles. The molecule has 1 aromatic rings. The first-order valence-corrected chi connectivity index (χ1v) is 9.76. The maximum Gasteiger partial charge on any atom is 0.264 e. The molecule has 2 aliphatic heterocycles. The van der Waals surface area contributed by atoms with Gasteiger partial charge in [0.15, 0.2) is 0 Å². The molecule has 2 unspecified atom stereocenters. The summed E-state index contributed by atoms with van der Waals surface area (Å²) in [5.74, 6) is 0.140. The molecule has 0 spiro atoms. The van der Waals surface area contributed by atoms with Gasteiger partial charge in [-0.15, -0.1) is 11.3 Å². The zero-order chi connectivity index (χ0) is 18.0. The van der Waals surface area contributed by atoms with E-state index in [9.17, 15) is 9.59 Å². The van der Waals surface area contributed by atoms with Gasteiger partial charge < -0.3 is 15.1 Å². The molecular formula is C19H27N3O2S. The molecular weight excluding hydrogens is 334 g/mol. The predicted molar refractivity (Wildman–Crippen MR) is 101 cm³/mol. The maximum absolute atomic E-state index is 12.8. The molecule has 136 valence electrons. The Kier molecular flexibility index (Phi) is 5.59. The summed E-state index contributed by atoms with van der Waals surface area (Å²) in [6.07, 6.45) is 7.31. The highest BCUT2D eigenvalue weighted by molar-refractivity contribution is 7.13. The third-order valence-corrected chi connectivity index (χ3v) is 5.99. The number of carbonyl (C=O) groups is 2. The molecule has 0 radical (unpaired) electrons. The summed E-state index contributed by atoms with van der Waals surface area (Å²) in [5, 5.41) is 3.12. The van der Waals surface area contributed by atoms with Crippen molar-refractivity contribution in [3.8, 4) is 0 Å². The monoisotopic (exact) mass is 361 g/mol. The molecule has 1 N–H and O–H groups in total. The van der Waals surface area contributed by atoms with Crippen LogP contribution < -0.4 is 5.32 Å². The highest BCUT2D eigenvalue weighted by Crippen LogP contribution is 2.37. The Hall–Kier alpha value is -1.66. The van der Waals surface area contributed by atoms with Gasteiger partial charge in [-0.1, -0.05) is 6.08 Å². The van der Waals surface area contributed by atoms with Crippen molar-refractivity contribution in [2.24, 2.45) is 0 Å². The lowest BCUT2D eigenvalue weighted by Gasteiger charge is -2.39. The van der Waals surface area contributed by atoms with E-state index in [1.807, 2.05) is 44.1 Å². The molecule has 2 aliphatic rings. The Morgan fingerprint density at radius 2 is 1.96 bits per heavy atom. The number of hydrogen-bond donors (Lipinski definition) is 1. The van der Waals surface area contributed by atoms with E-state index in [0.717, 1.165) is 37.1 Å². The number of fused-ring (bicyclic) bond motifs is 2. The minimum Gasteiger partial charge on any atom is -0.350 e. The smallest absolute Gasteiger partial charge is 0.264 e. The largest absolute Gasteiger partial charge is 0.350 e. The molecule has 2 atom stereocenters. The van der Waals surface area contributed by atoms with E-state index in [-0.39, 0.29) is 29.9 Å². The van der Waals surface area contributed by atoms with Gasteiger partial charge in [0.25, 0.3) is 5.91 Å². The quantitative estimate of drug-likeness (QED) is 0.820. The van der Waals surface area contributed by atoms with Gasteiger partial charge in [0, 0.05) is 35.6 Å². The molecule has 3 rings (SSSR count). The van der Waals surface area contributed by atoms with Gasteiger partial charge in [0.1, 0.15) is 0 Å². The molecule has 2 fully saturated rings. The number of nitrogens with zero attached hydrogens (tertiary/aromatic N) is 2. The number of rotatable bonds is 5. The van der Waals surface area contributed by atoms with Crippen LogP contribution in [0.2, 0.25) is 0 Å². The third-order valence-electron chi connectivity index (χ3n) is 5.00. The van der Waals surface area contributed by atoms with Gasteiger partial charge in [0.2, 0.25) is 5.91 Å². The first-order valence-electron chi connectivity index (χ1n) is 8.95. The number of likely N-dealkylation sites (N-methyl/N-ethyl adjacent to an activating group) is 1. The van der Waals surface area contributed by atoms with E-state index < -0.39 is 0 Å². The highest BCUT2D eigenvalue weighted by atomic mass is 32.1. The summed E-state index contributed by atoms with van der Waals surface area (Å²) in [5.41, 5.74) is 0. The van der Waals surface area contributed by atoms with Gasteiger partial charge >= 0.3 is 0 Å². The first-order chi connectivity index (χ1) is 11.9. The molecule has 25 heavy (non-hydrogen) atoms. The van der Waals surface area contributed by atoms with E-state index >= 15 is 0 Å². The molecule has 5 nitrogen and oxygen atoms in total. The predicted octanol–water partition coefficient (Wildman–Crippen LogP) is 2.43. The van der Waals surface area contributed by atoms with Crippen LogP contribution in [-0.2, 0) is 4.79 Å². The molecule has 2 saturated heterocycles. The Morgan fingerprint density at radius 1 is 1.28 bits per heavy atom. The molecule has 0 aliphatic carbocycles. The van der Waals surface area contributed by atoms with Crippen LogP contribution >= 0.6 is 11.3 Å². The summed E-state index contributed by atoms with van der Waals surface area (Å²) in [6, 6.07) is 4.62. The summed E-state index contributed by atoms with van der Waals surface area (Å²) < 4.78 is 0. The summed E-state index contributed by atoms with van der Waals surface area (Å²) in [7, 11) is 3.95. The summed E-state index contributed by atoms with van der Waals surface area (Å²) in [4.78, 5) is 31.0. The standard InChI is InChI=1S/C19H27N3O2S/c1-13-6-9-17(25-13)19(24)22-15-7-8-16(22)12-14(11-15)20-18(23)5-4-10-21(2)3/h4-6,9,14-16H,7-8,10-12H2,1-3H3,(H,20,23)/b5-4+. The second-order valence-electron chi connectivity index (χ2n) is 7.35. The van der Waals surface area contributed by atoms with E-state index in [1.165, 1.54) is 4.88 Å². The topological polar surface area (TPSA) is 52.7 Å². The van der Waals surface area contributed by atoms with Gasteiger partial charge in [0.05, 0.1) is 4.88 Å². The van der Waals surface area contributed by atoms with Crippen molar-refractivity contribution in [1.29, 1.82) is 0 Å². The first kappa shape index (κ1) is 18.1. The number of thiophene rings is 1. The zero-order valence-corrected chi connectivity index (χ0v) is 16.0. The average Bonchev–Trinajstić information content (AvgIpc) is 3.08. The second-order valence-corrected chi connectivity index (χ2v) is 8.64. The van der Waals surface area contributed by atoms with Crippen LogP contribution in [0, 0.1) is 6.92 Å². The zero-order valence-electron chi connectivity index (χ0n) is 15.2. The fraction of sp³-hybridized carbons (Fsp3) is 0.579. The van der Waals surface area contributed by atoms with Crippen LogP contribution in [-0.4, -0.2) is 60.4 Å². The lowest BCUT2D eigenvalue weighted by atomic mass is 9.97. The van der Waals surface area contributed by atoms with E-state index in [1.54, 1.807) is 17.4 Å². The molecule has 3 heterocycles. The lowest BCUT2D eigenvalue weighted by Crippen LogP contribution is -2.52. The maximum atomic E-state index is 12.8. The van der Waals surface area contributed by atoms with Gasteiger partial charge in [-0.2, -0.15) is 0 Å². The van der Waals surface area contributed by atoms with Crippen LogP contribution in [0.3, 0.4) is 0 Å². The Morgan fingerprint density at radius 3 is 2.52 bits per heavy atom. The van der Waals surface area contributed by atoms with Crippen molar-refractivity contribution in [3.05, 3.63) is 34.0 Å². The van der Waals surface area contributed by atoms with Gasteiger partial charge in [-0.05, 0) is 58.8 Å². The second kappa shape index (κ2) is 7.70. The van der Waals surface area contributed by atoms with Crippen molar-refractivity contribution in [3.63, 3.8) is 0 Å². The van der Waals surface area contributed by atoms with Crippen LogP contribution in [0.15, 0.2) is 24.3 Å². The fourth-order valence-corrected chi connectivity index (χ4v) is 4.73. The highest BCUT2D eigenvalue weighted by Gasteiger charge is 2.43. The van der Waals surface area contributed by atoms with Crippen molar-refractivity contribution in [1.82, 2.24) is 15.1 Å². The number of aryl methyl sites for hydroxylation is 1. The molecule has 6 heteroatoms. The van der Waals surface area contributed by atoms with Crippen LogP contribution in [0.5, 0.6) is 0 Å². The number of piperidine rings is 1. The van der Waals surface area contributed by atoms with Crippen LogP contribution in [0.4, 0.5) is 0 Å². The van der Waals surface area contributed by atoms with Crippen molar-refractivity contribution >= 4 is 23.2 Å². The minimum atomic E-state index is -0.0279. The van der Waals surface area contributed by atoms with E-state index in [4.69, 9.17) is 0 Å². The van der Waals surface area contributed by atoms with Crippen LogP contribution in [0.1, 0.15) is 40.2 Å². The number of carbonyl (C=O) groups excluding carboxylic acids is 2. The van der Waals surface area contributed by atoms with Crippen molar-refractivity contribution < 1.29 is 9.59 Å².